The van der Waals surface area contributed by atoms with E-state index in [9.17, 15) is 52.8 Å². The number of rotatable bonds is 14. The topological polar surface area (TPSA) is 228 Å². The fourth-order valence-electron chi connectivity index (χ4n) is 9.09. The van der Waals surface area contributed by atoms with Gasteiger partial charge in [0.2, 0.25) is 5.91 Å². The van der Waals surface area contributed by atoms with Gasteiger partial charge in [0.25, 0.3) is 17.8 Å². The van der Waals surface area contributed by atoms with Crippen LogP contribution in [-0.2, 0) is 48.5 Å². The van der Waals surface area contributed by atoms with Gasteiger partial charge in [-0.05, 0) is 59.2 Å². The first-order valence-corrected chi connectivity index (χ1v) is 31.2. The summed E-state index contributed by atoms with van der Waals surface area (Å²) in [6, 6.07) is 16.7. The largest absolute Gasteiger partial charge is 0.397 e. The lowest BCUT2D eigenvalue weighted by molar-refractivity contribution is -0.118. The maximum atomic E-state index is 13.5. The number of nitrogens with one attached hydrogen (secondary N) is 1. The Bertz CT molecular complexity index is 3380. The average Bonchev–Trinajstić information content (AvgIpc) is 3.31. The molecule has 1 amide bonds. The lowest BCUT2D eigenvalue weighted by Crippen LogP contribution is -2.39. The third-order valence-corrected chi connectivity index (χ3v) is 19.5. The maximum Gasteiger partial charge on any atom is 0.251 e. The van der Waals surface area contributed by atoms with Gasteiger partial charge >= 0.3 is 0 Å². The van der Waals surface area contributed by atoms with Crippen LogP contribution in [-0.4, -0.2) is 97.1 Å². The number of piperidine rings is 3. The number of Topliss-reactive ketones (excluding diaryl/α,β-unsaturated/α-hetero) is 1. The fraction of sp³-hybridized carbons (Fsp3) is 0.407. The first kappa shape index (κ1) is 66.2. The van der Waals surface area contributed by atoms with Crippen molar-refractivity contribution in [3.63, 3.8) is 0 Å². The van der Waals surface area contributed by atoms with E-state index < -0.39 is 43.3 Å². The third kappa shape index (κ3) is 16.7. The molecule has 8 rings (SSSR count). The molecule has 82 heavy (non-hydrogen) atoms. The summed E-state index contributed by atoms with van der Waals surface area (Å²) in [5, 5.41) is 3.92. The Morgan fingerprint density at radius 2 is 0.841 bits per heavy atom. The molecule has 5 aromatic rings. The van der Waals surface area contributed by atoms with Crippen LogP contribution in [0.5, 0.6) is 0 Å². The minimum absolute atomic E-state index is 0.00191. The summed E-state index contributed by atoms with van der Waals surface area (Å²) in [5.41, 5.74) is 27.5. The van der Waals surface area contributed by atoms with E-state index in [0.717, 1.165) is 0 Å². The van der Waals surface area contributed by atoms with Gasteiger partial charge in [-0.1, -0.05) is 108 Å². The number of nitrogens with zero attached hydrogens (tertiary/aromatic N) is 3. The zero-order valence-electron chi connectivity index (χ0n) is 44.3. The number of amides is 1. The standard InChI is InChI=1S/C22H24Cl2F2N2O3S.C21H23Cl2F2N3O3S.C11H13Cl2F2N3/c1-2-32(30,31)17-5-3-14(4-6-17)11-16(29)12-15-13-18(23)21(19(24)20(15)27)28-9-7-22(25,26)8-10-28;1-2-32(30,31)14-5-3-13(4-6-14)11-17(29)27-19-16(26)12-15(22)20(18(19)23)28-9-7-21(24,25)8-10-28;12-6-5-7(16)9(17)8(13)10(6)18-3-1-11(14,15)2-4-18/h3-6,13H,2,7-12,27H2,1H3;3-6,12H,2,7-11,26H2,1H3,(H,27,29);5H,1-4,16-17H2. The van der Waals surface area contributed by atoms with Crippen molar-refractivity contribution in [2.75, 3.05) is 93.7 Å². The van der Waals surface area contributed by atoms with Gasteiger partial charge in [0.05, 0.1) is 103 Å². The zero-order valence-corrected chi connectivity index (χ0v) is 50.5. The van der Waals surface area contributed by atoms with Gasteiger partial charge in [0.1, 0.15) is 5.78 Å². The minimum Gasteiger partial charge on any atom is -0.397 e. The Balaban J connectivity index is 0.000000206. The van der Waals surface area contributed by atoms with Crippen LogP contribution in [0.4, 0.5) is 71.8 Å². The highest BCUT2D eigenvalue weighted by Crippen LogP contribution is 2.47. The van der Waals surface area contributed by atoms with Crippen LogP contribution >= 0.6 is 69.6 Å². The van der Waals surface area contributed by atoms with Gasteiger partial charge in [-0.15, -0.1) is 0 Å². The molecule has 0 radical (unpaired) electrons. The molecule has 0 aromatic heterocycles. The molecule has 0 saturated carbocycles. The van der Waals surface area contributed by atoms with Gasteiger partial charge in [0, 0.05) is 90.6 Å². The van der Waals surface area contributed by atoms with Crippen LogP contribution in [0.1, 0.15) is 69.1 Å². The molecule has 9 N–H and O–H groups in total. The van der Waals surface area contributed by atoms with Crippen molar-refractivity contribution < 1.29 is 52.8 Å². The number of ketones is 1. The number of anilines is 8. The number of carbonyl (C=O) groups excluding carboxylic acids is 2. The number of nitrogens with two attached hydrogens (primary N) is 4. The van der Waals surface area contributed by atoms with Gasteiger partial charge in [-0.25, -0.2) is 43.2 Å². The van der Waals surface area contributed by atoms with Gasteiger partial charge in [-0.3, -0.25) is 9.59 Å². The van der Waals surface area contributed by atoms with Crippen LogP contribution in [0.2, 0.25) is 30.1 Å². The Hall–Kier alpha value is -4.94. The summed E-state index contributed by atoms with van der Waals surface area (Å²) < 4.78 is 128. The van der Waals surface area contributed by atoms with Crippen molar-refractivity contribution in [3.05, 3.63) is 114 Å². The lowest BCUT2D eigenvalue weighted by atomic mass is 10.00. The zero-order chi connectivity index (χ0) is 60.9. The Morgan fingerprint density at radius 1 is 0.500 bits per heavy atom. The van der Waals surface area contributed by atoms with Crippen LogP contribution in [0.3, 0.4) is 0 Å². The molecule has 14 nitrogen and oxygen atoms in total. The summed E-state index contributed by atoms with van der Waals surface area (Å²) >= 11 is 37.7. The summed E-state index contributed by atoms with van der Waals surface area (Å²) in [6.07, 6.45) is -1.64. The van der Waals surface area contributed by atoms with Crippen molar-refractivity contribution >= 4 is 146 Å². The van der Waals surface area contributed by atoms with Gasteiger partial charge < -0.3 is 43.0 Å². The number of carbonyl (C=O) groups is 2. The van der Waals surface area contributed by atoms with E-state index in [1.54, 1.807) is 58.9 Å². The number of hydrogen-bond acceptors (Lipinski definition) is 13. The van der Waals surface area contributed by atoms with E-state index in [1.807, 2.05) is 0 Å². The molecule has 0 bridgehead atoms. The SMILES string of the molecule is CCS(=O)(=O)c1ccc(CC(=O)Cc2cc(Cl)c(N3CCC(F)(F)CC3)c(Cl)c2N)cc1.CCS(=O)(=O)c1ccc(CC(=O)Nc2c(N)cc(Cl)c(N3CCC(F)(F)CC3)c2Cl)cc1.Nc1cc(Cl)c(N2CCC(F)(F)CC2)c(Cl)c1N. The predicted octanol–water partition coefficient (Wildman–Crippen LogP) is 13.1. The number of alkyl halides is 6. The van der Waals surface area contributed by atoms with E-state index >= 15 is 0 Å². The average molecular weight is 1310 g/mol. The van der Waals surface area contributed by atoms with E-state index in [4.69, 9.17) is 92.5 Å². The molecule has 28 heteroatoms. The Kier molecular flexibility index (Phi) is 21.8. The molecule has 3 heterocycles. The molecular weight excluding hydrogens is 1250 g/mol. The molecule has 3 saturated heterocycles. The fourth-order valence-corrected chi connectivity index (χ4v) is 13.1. The van der Waals surface area contributed by atoms with E-state index in [-0.39, 0.29) is 178 Å². The quantitative estimate of drug-likeness (QED) is 0.0515. The minimum atomic E-state index is -3.33. The maximum absolute atomic E-state index is 13.5. The van der Waals surface area contributed by atoms with E-state index in [1.165, 1.54) is 36.4 Å². The monoisotopic (exact) mass is 1300 g/mol. The number of benzene rings is 5. The highest BCUT2D eigenvalue weighted by atomic mass is 35.5. The summed E-state index contributed by atoms with van der Waals surface area (Å²) in [6.45, 7) is 3.85. The van der Waals surface area contributed by atoms with Crippen molar-refractivity contribution in [3.8, 4) is 0 Å². The number of halogens is 12. The van der Waals surface area contributed by atoms with E-state index in [2.05, 4.69) is 5.32 Å². The highest BCUT2D eigenvalue weighted by molar-refractivity contribution is 7.91. The molecule has 0 spiro atoms. The first-order valence-electron chi connectivity index (χ1n) is 25.6. The first-order chi connectivity index (χ1) is 38.2. The predicted molar refractivity (Wildman–Crippen MR) is 319 cm³/mol. The van der Waals surface area contributed by atoms with E-state index in [0.29, 0.717) is 38.8 Å². The Labute approximate surface area is 502 Å². The third-order valence-electron chi connectivity index (χ3n) is 14.0. The Morgan fingerprint density at radius 3 is 1.23 bits per heavy atom. The highest BCUT2D eigenvalue weighted by Gasteiger charge is 2.38. The van der Waals surface area contributed by atoms with Crippen LogP contribution < -0.4 is 43.0 Å². The second kappa shape index (κ2) is 27.0. The van der Waals surface area contributed by atoms with Crippen molar-refractivity contribution in [2.24, 2.45) is 0 Å². The number of nitrogen functional groups attached to an aromatic ring is 4. The second-order valence-electron chi connectivity index (χ2n) is 19.8. The number of sulfone groups is 2. The van der Waals surface area contributed by atoms with Crippen LogP contribution in [0.15, 0.2) is 76.5 Å². The van der Waals surface area contributed by atoms with Crippen LogP contribution in [0, 0.1) is 0 Å². The molecule has 3 fully saturated rings. The van der Waals surface area contributed by atoms with Gasteiger partial charge in [-0.2, -0.15) is 0 Å². The summed E-state index contributed by atoms with van der Waals surface area (Å²) in [7, 11) is -6.63. The summed E-state index contributed by atoms with van der Waals surface area (Å²) in [5.74, 6) is -8.64. The molecule has 448 valence electrons. The van der Waals surface area contributed by atoms with Crippen molar-refractivity contribution in [2.45, 2.75) is 99.2 Å². The molecule has 0 unspecified atom stereocenters. The molecular formula is C54H60Cl6F6N8O6S2. The number of hydrogen-bond donors (Lipinski definition) is 5. The lowest BCUT2D eigenvalue weighted by Gasteiger charge is -2.35. The smallest absolute Gasteiger partial charge is 0.251 e. The molecule has 0 atom stereocenters. The van der Waals surface area contributed by atoms with Crippen molar-refractivity contribution in [1.29, 1.82) is 0 Å². The second-order valence-corrected chi connectivity index (χ2v) is 26.8. The van der Waals surface area contributed by atoms with Crippen LogP contribution in [0.25, 0.3) is 0 Å². The van der Waals surface area contributed by atoms with Gasteiger partial charge in [0.15, 0.2) is 19.7 Å². The summed E-state index contributed by atoms with van der Waals surface area (Å²) in [4.78, 5) is 30.7. The molecule has 5 aromatic carbocycles. The molecule has 0 aliphatic carbocycles. The normalized spacial score (nSPS) is 16.8. The van der Waals surface area contributed by atoms with Crippen molar-refractivity contribution in [1.82, 2.24) is 0 Å². The molecule has 3 aliphatic rings. The molecule has 3 aliphatic heterocycles.